The van der Waals surface area contributed by atoms with Gasteiger partial charge in [0.15, 0.2) is 0 Å². The first-order chi connectivity index (χ1) is 8.16. The van der Waals surface area contributed by atoms with E-state index in [2.05, 4.69) is 0 Å². The van der Waals surface area contributed by atoms with Crippen LogP contribution in [-0.2, 0) is 4.79 Å². The van der Waals surface area contributed by atoms with Crippen molar-refractivity contribution in [1.82, 2.24) is 0 Å². The van der Waals surface area contributed by atoms with E-state index in [0.717, 1.165) is 12.8 Å². The number of carbonyl (C=O) groups is 1. The molecule has 1 N–H and O–H groups in total. The van der Waals surface area contributed by atoms with Crippen LogP contribution in [0.25, 0.3) is 0 Å². The molecule has 2 nitrogen and oxygen atoms in total. The highest BCUT2D eigenvalue weighted by molar-refractivity contribution is 8.00. The molecule has 0 bridgehead atoms. The quantitative estimate of drug-likeness (QED) is 0.891. The molecule has 1 atom stereocenters. The van der Waals surface area contributed by atoms with Crippen molar-refractivity contribution in [2.45, 2.75) is 36.2 Å². The Bertz CT molecular complexity index is 385. The Morgan fingerprint density at radius 3 is 2.41 bits per heavy atom. The van der Waals surface area contributed by atoms with Crippen molar-refractivity contribution in [2.24, 2.45) is 0 Å². The fraction of sp³-hybridized carbons (Fsp3) is 0.462. The van der Waals surface area contributed by atoms with Crippen LogP contribution < -0.4 is 0 Å². The Morgan fingerprint density at radius 1 is 1.29 bits per heavy atom. The molecule has 2 rings (SSSR count). The van der Waals surface area contributed by atoms with E-state index in [4.69, 9.17) is 0 Å². The normalized spacial score (nSPS) is 18.2. The Hall–Kier alpha value is -1.03. The number of halogens is 1. The third-order valence-corrected chi connectivity index (χ3v) is 4.63. The van der Waals surface area contributed by atoms with Gasteiger partial charge in [-0.1, -0.05) is 25.0 Å². The summed E-state index contributed by atoms with van der Waals surface area (Å²) < 4.78 is 12.8. The fourth-order valence-corrected chi connectivity index (χ4v) is 3.55. The van der Waals surface area contributed by atoms with E-state index < -0.39 is 11.2 Å². The minimum atomic E-state index is -0.839. The molecule has 1 fully saturated rings. The number of rotatable bonds is 4. The summed E-state index contributed by atoms with van der Waals surface area (Å²) in [5.74, 6) is -1.17. The summed E-state index contributed by atoms with van der Waals surface area (Å²) >= 11 is 1.50. The Kier molecular flexibility index (Phi) is 4.05. The van der Waals surface area contributed by atoms with Gasteiger partial charge in [0.1, 0.15) is 11.1 Å². The first kappa shape index (κ1) is 12.4. The van der Waals surface area contributed by atoms with Crippen LogP contribution in [0.15, 0.2) is 24.3 Å². The van der Waals surface area contributed by atoms with E-state index in [9.17, 15) is 14.3 Å². The lowest BCUT2D eigenvalue weighted by Crippen LogP contribution is -2.11. The summed E-state index contributed by atoms with van der Waals surface area (Å²) in [6.07, 6.45) is 4.56. The maximum absolute atomic E-state index is 12.8. The van der Waals surface area contributed by atoms with E-state index in [0.29, 0.717) is 10.8 Å². The molecule has 1 aliphatic carbocycles. The van der Waals surface area contributed by atoms with Gasteiger partial charge >= 0.3 is 5.97 Å². The minimum absolute atomic E-state index is 0.330. The lowest BCUT2D eigenvalue weighted by atomic mass is 10.1. The number of hydrogen-bond acceptors (Lipinski definition) is 2. The van der Waals surface area contributed by atoms with Crippen LogP contribution in [-0.4, -0.2) is 16.3 Å². The van der Waals surface area contributed by atoms with E-state index >= 15 is 0 Å². The Morgan fingerprint density at radius 2 is 1.88 bits per heavy atom. The Balaban J connectivity index is 2.10. The summed E-state index contributed by atoms with van der Waals surface area (Å²) in [7, 11) is 0. The number of benzene rings is 1. The minimum Gasteiger partial charge on any atom is -0.480 e. The molecule has 17 heavy (non-hydrogen) atoms. The van der Waals surface area contributed by atoms with Crippen molar-refractivity contribution in [3.63, 3.8) is 0 Å². The van der Waals surface area contributed by atoms with Gasteiger partial charge in [-0.2, -0.15) is 0 Å². The fourth-order valence-electron chi connectivity index (χ4n) is 2.13. The van der Waals surface area contributed by atoms with Gasteiger partial charge < -0.3 is 5.11 Å². The molecule has 1 aliphatic rings. The largest absolute Gasteiger partial charge is 0.480 e. The maximum Gasteiger partial charge on any atom is 0.321 e. The van der Waals surface area contributed by atoms with E-state index in [-0.39, 0.29) is 5.82 Å². The second-order valence-corrected chi connectivity index (χ2v) is 5.72. The lowest BCUT2D eigenvalue weighted by molar-refractivity contribution is -0.136. The van der Waals surface area contributed by atoms with Crippen LogP contribution in [0.2, 0.25) is 0 Å². The van der Waals surface area contributed by atoms with Crippen LogP contribution in [0.3, 0.4) is 0 Å². The molecule has 0 spiro atoms. The van der Waals surface area contributed by atoms with Gasteiger partial charge in [-0.3, -0.25) is 4.79 Å². The molecule has 0 aliphatic heterocycles. The molecule has 92 valence electrons. The Labute approximate surface area is 104 Å². The highest BCUT2D eigenvalue weighted by Gasteiger charge is 2.26. The van der Waals surface area contributed by atoms with Crippen molar-refractivity contribution in [3.05, 3.63) is 35.6 Å². The van der Waals surface area contributed by atoms with Crippen LogP contribution in [0.5, 0.6) is 0 Å². The number of aliphatic carboxylic acids is 1. The second kappa shape index (κ2) is 5.54. The van der Waals surface area contributed by atoms with Crippen LogP contribution in [0.1, 0.15) is 36.5 Å². The van der Waals surface area contributed by atoms with Crippen LogP contribution in [0.4, 0.5) is 4.39 Å². The third-order valence-electron chi connectivity index (χ3n) is 3.03. The van der Waals surface area contributed by atoms with Crippen molar-refractivity contribution >= 4 is 17.7 Å². The zero-order valence-electron chi connectivity index (χ0n) is 9.43. The molecule has 1 saturated carbocycles. The van der Waals surface area contributed by atoms with Crippen molar-refractivity contribution in [2.75, 3.05) is 0 Å². The highest BCUT2D eigenvalue weighted by Crippen LogP contribution is 2.39. The summed E-state index contributed by atoms with van der Waals surface area (Å²) in [6, 6.07) is 5.77. The zero-order chi connectivity index (χ0) is 12.3. The van der Waals surface area contributed by atoms with E-state index in [1.165, 1.54) is 36.7 Å². The highest BCUT2D eigenvalue weighted by atomic mass is 32.2. The van der Waals surface area contributed by atoms with Gasteiger partial charge in [0, 0.05) is 5.25 Å². The molecule has 0 unspecified atom stereocenters. The molecular weight excluding hydrogens is 239 g/mol. The lowest BCUT2D eigenvalue weighted by Gasteiger charge is -2.16. The van der Waals surface area contributed by atoms with Crippen molar-refractivity contribution in [3.8, 4) is 0 Å². The monoisotopic (exact) mass is 254 g/mol. The summed E-state index contributed by atoms with van der Waals surface area (Å²) in [4.78, 5) is 11.3. The number of thioether (sulfide) groups is 1. The van der Waals surface area contributed by atoms with Crippen LogP contribution >= 0.6 is 11.8 Å². The van der Waals surface area contributed by atoms with Gasteiger partial charge in [0.25, 0.3) is 0 Å². The average Bonchev–Trinajstić information content (AvgIpc) is 2.80. The topological polar surface area (TPSA) is 37.3 Å². The predicted molar refractivity (Wildman–Crippen MR) is 66.6 cm³/mol. The molecule has 1 aromatic carbocycles. The maximum atomic E-state index is 12.8. The molecule has 0 saturated heterocycles. The first-order valence-electron chi connectivity index (χ1n) is 5.80. The number of carboxylic acids is 1. The van der Waals surface area contributed by atoms with E-state index in [1.807, 2.05) is 0 Å². The van der Waals surface area contributed by atoms with Crippen LogP contribution in [0, 0.1) is 5.82 Å². The molecule has 1 aromatic rings. The number of hydrogen-bond donors (Lipinski definition) is 1. The van der Waals surface area contributed by atoms with Gasteiger partial charge in [0.2, 0.25) is 0 Å². The average molecular weight is 254 g/mol. The zero-order valence-corrected chi connectivity index (χ0v) is 10.3. The second-order valence-electron chi connectivity index (χ2n) is 4.31. The van der Waals surface area contributed by atoms with Gasteiger partial charge in [-0.25, -0.2) is 4.39 Å². The SMILES string of the molecule is O=C(O)[C@H](SC1CCCC1)c1ccc(F)cc1. The predicted octanol–water partition coefficient (Wildman–Crippen LogP) is 3.63. The van der Waals surface area contributed by atoms with E-state index in [1.54, 1.807) is 12.1 Å². The van der Waals surface area contributed by atoms with Gasteiger partial charge in [-0.15, -0.1) is 11.8 Å². The molecule has 0 amide bonds. The van der Waals surface area contributed by atoms with Crippen molar-refractivity contribution < 1.29 is 14.3 Å². The summed E-state index contributed by atoms with van der Waals surface area (Å²) in [5.41, 5.74) is 0.677. The molecule has 0 aromatic heterocycles. The molecular formula is C13H15FO2S. The van der Waals surface area contributed by atoms with Gasteiger partial charge in [0.05, 0.1) is 0 Å². The summed E-state index contributed by atoms with van der Waals surface area (Å²) in [6.45, 7) is 0. The summed E-state index contributed by atoms with van der Waals surface area (Å²) in [5, 5.41) is 9.10. The first-order valence-corrected chi connectivity index (χ1v) is 6.75. The number of carboxylic acid groups (broad SMARTS) is 1. The standard InChI is InChI=1S/C13H15FO2S/c14-10-7-5-9(6-8-10)12(13(15)16)17-11-3-1-2-4-11/h5-8,11-12H,1-4H2,(H,15,16)/t12-/m1/s1. The molecule has 0 heterocycles. The van der Waals surface area contributed by atoms with Crippen molar-refractivity contribution in [1.29, 1.82) is 0 Å². The molecule has 0 radical (unpaired) electrons. The molecule has 4 heteroatoms. The third kappa shape index (κ3) is 3.22. The smallest absolute Gasteiger partial charge is 0.321 e. The van der Waals surface area contributed by atoms with Gasteiger partial charge in [-0.05, 0) is 30.5 Å².